The van der Waals surface area contributed by atoms with Crippen LogP contribution in [-0.2, 0) is 10.0 Å². The fraction of sp³-hybridized carbons (Fsp3) is 0.538. The van der Waals surface area contributed by atoms with Crippen molar-refractivity contribution >= 4 is 10.0 Å². The molecule has 0 bridgehead atoms. The van der Waals surface area contributed by atoms with E-state index in [1.54, 1.807) is 0 Å². The first-order valence-corrected chi connectivity index (χ1v) is 7.95. The zero-order chi connectivity index (χ0) is 13.9. The van der Waals surface area contributed by atoms with Crippen LogP contribution in [0, 0.1) is 5.82 Å². The van der Waals surface area contributed by atoms with Crippen LogP contribution in [-0.4, -0.2) is 27.5 Å². The third kappa shape index (κ3) is 3.75. The van der Waals surface area contributed by atoms with Gasteiger partial charge in [0.15, 0.2) is 0 Å². The summed E-state index contributed by atoms with van der Waals surface area (Å²) in [6.07, 6.45) is 3.58. The van der Waals surface area contributed by atoms with Gasteiger partial charge < -0.3 is 5.32 Å². The van der Waals surface area contributed by atoms with Crippen molar-refractivity contribution < 1.29 is 12.8 Å². The molecule has 2 rings (SSSR count). The topological polar surface area (TPSA) is 58.2 Å². The Morgan fingerprint density at radius 1 is 1.05 bits per heavy atom. The second kappa shape index (κ2) is 5.98. The molecule has 4 nitrogen and oxygen atoms in total. The van der Waals surface area contributed by atoms with Gasteiger partial charge in [-0.05, 0) is 57.0 Å². The van der Waals surface area contributed by atoms with Gasteiger partial charge in [-0.2, -0.15) is 0 Å². The van der Waals surface area contributed by atoms with Crippen molar-refractivity contribution in [2.75, 3.05) is 7.05 Å². The SMILES string of the molecule is CNC1CCC(NS(=O)(=O)c2ccc(F)cc2)CC1. The number of hydrogen-bond acceptors (Lipinski definition) is 3. The first-order valence-electron chi connectivity index (χ1n) is 6.46. The van der Waals surface area contributed by atoms with Crippen LogP contribution in [0.4, 0.5) is 4.39 Å². The molecule has 1 fully saturated rings. The molecule has 6 heteroatoms. The van der Waals surface area contributed by atoms with Crippen molar-refractivity contribution in [1.29, 1.82) is 0 Å². The van der Waals surface area contributed by atoms with Crippen molar-refractivity contribution in [3.8, 4) is 0 Å². The molecule has 1 saturated carbocycles. The van der Waals surface area contributed by atoms with Crippen LogP contribution in [0.3, 0.4) is 0 Å². The maximum atomic E-state index is 12.8. The fourth-order valence-electron chi connectivity index (χ4n) is 2.40. The monoisotopic (exact) mass is 286 g/mol. The molecule has 1 aliphatic rings. The molecular weight excluding hydrogens is 267 g/mol. The van der Waals surface area contributed by atoms with Crippen LogP contribution in [0.25, 0.3) is 0 Å². The van der Waals surface area contributed by atoms with E-state index in [1.807, 2.05) is 7.05 Å². The Morgan fingerprint density at radius 3 is 2.11 bits per heavy atom. The third-order valence-corrected chi connectivity index (χ3v) is 5.12. The van der Waals surface area contributed by atoms with Gasteiger partial charge in [0.1, 0.15) is 5.82 Å². The van der Waals surface area contributed by atoms with Crippen LogP contribution in [0.1, 0.15) is 25.7 Å². The number of sulfonamides is 1. The molecular formula is C13H19FN2O2S. The highest BCUT2D eigenvalue weighted by molar-refractivity contribution is 7.89. The molecule has 0 amide bonds. The number of rotatable bonds is 4. The molecule has 0 unspecified atom stereocenters. The Kier molecular flexibility index (Phi) is 4.54. The van der Waals surface area contributed by atoms with Gasteiger partial charge in [-0.25, -0.2) is 17.5 Å². The van der Waals surface area contributed by atoms with Gasteiger partial charge >= 0.3 is 0 Å². The first-order chi connectivity index (χ1) is 9.01. The second-order valence-corrected chi connectivity index (χ2v) is 6.63. The molecule has 19 heavy (non-hydrogen) atoms. The molecule has 0 radical (unpaired) electrons. The normalized spacial score (nSPS) is 24.3. The highest BCUT2D eigenvalue weighted by Crippen LogP contribution is 2.20. The molecule has 0 aromatic heterocycles. The molecule has 1 aliphatic carbocycles. The molecule has 0 atom stereocenters. The lowest BCUT2D eigenvalue weighted by molar-refractivity contribution is 0.343. The standard InChI is InChI=1S/C13H19FN2O2S/c1-15-11-4-6-12(7-5-11)16-19(17,18)13-8-2-10(14)3-9-13/h2-3,8-9,11-12,15-16H,4-7H2,1H3. The Morgan fingerprint density at radius 2 is 1.58 bits per heavy atom. The quantitative estimate of drug-likeness (QED) is 0.884. The number of halogens is 1. The number of benzene rings is 1. The second-order valence-electron chi connectivity index (χ2n) is 4.91. The van der Waals surface area contributed by atoms with Crippen molar-refractivity contribution in [1.82, 2.24) is 10.0 Å². The lowest BCUT2D eigenvalue weighted by Crippen LogP contribution is -2.41. The Balaban J connectivity index is 2.00. The predicted molar refractivity (Wildman–Crippen MR) is 71.8 cm³/mol. The van der Waals surface area contributed by atoms with Gasteiger partial charge in [0.2, 0.25) is 10.0 Å². The van der Waals surface area contributed by atoms with E-state index in [4.69, 9.17) is 0 Å². The van der Waals surface area contributed by atoms with Crippen LogP contribution >= 0.6 is 0 Å². The molecule has 0 spiro atoms. The molecule has 0 heterocycles. The van der Waals surface area contributed by atoms with Gasteiger partial charge in [0.05, 0.1) is 4.90 Å². The smallest absolute Gasteiger partial charge is 0.240 e. The molecule has 0 aliphatic heterocycles. The van der Waals surface area contributed by atoms with Crippen LogP contribution in [0.15, 0.2) is 29.2 Å². The first kappa shape index (κ1) is 14.4. The van der Waals surface area contributed by atoms with E-state index in [2.05, 4.69) is 10.0 Å². The summed E-state index contributed by atoms with van der Waals surface area (Å²) in [4.78, 5) is 0.115. The third-order valence-electron chi connectivity index (χ3n) is 3.58. The highest BCUT2D eigenvalue weighted by atomic mass is 32.2. The van der Waals surface area contributed by atoms with Crippen molar-refractivity contribution in [2.45, 2.75) is 42.7 Å². The van der Waals surface area contributed by atoms with Gasteiger partial charge in [-0.3, -0.25) is 0 Å². The maximum absolute atomic E-state index is 12.8. The summed E-state index contributed by atoms with van der Waals surface area (Å²) in [6.45, 7) is 0. The summed E-state index contributed by atoms with van der Waals surface area (Å²) >= 11 is 0. The minimum atomic E-state index is -3.54. The maximum Gasteiger partial charge on any atom is 0.240 e. The van der Waals surface area contributed by atoms with E-state index >= 15 is 0 Å². The summed E-state index contributed by atoms with van der Waals surface area (Å²) in [5.74, 6) is -0.437. The average molecular weight is 286 g/mol. The zero-order valence-corrected chi connectivity index (χ0v) is 11.7. The largest absolute Gasteiger partial charge is 0.317 e. The molecule has 106 valence electrons. The average Bonchev–Trinajstić information content (AvgIpc) is 2.40. The van der Waals surface area contributed by atoms with Gasteiger partial charge in [0.25, 0.3) is 0 Å². The zero-order valence-electron chi connectivity index (χ0n) is 10.9. The molecule has 2 N–H and O–H groups in total. The summed E-state index contributed by atoms with van der Waals surface area (Å²) in [7, 11) is -1.61. The van der Waals surface area contributed by atoms with Crippen molar-refractivity contribution in [3.63, 3.8) is 0 Å². The summed E-state index contributed by atoms with van der Waals surface area (Å²) in [5, 5.41) is 3.21. The Hall–Kier alpha value is -0.980. The van der Waals surface area contributed by atoms with Gasteiger partial charge in [0, 0.05) is 12.1 Å². The minimum Gasteiger partial charge on any atom is -0.317 e. The summed E-state index contributed by atoms with van der Waals surface area (Å²) in [5.41, 5.74) is 0. The van der Waals surface area contributed by atoms with Crippen LogP contribution in [0.5, 0.6) is 0 Å². The lowest BCUT2D eigenvalue weighted by atomic mass is 9.92. The molecule has 0 saturated heterocycles. The van der Waals surface area contributed by atoms with Crippen molar-refractivity contribution in [3.05, 3.63) is 30.1 Å². The van der Waals surface area contributed by atoms with Gasteiger partial charge in [-0.15, -0.1) is 0 Å². The Bertz CT molecular complexity index is 508. The van der Waals surface area contributed by atoms with E-state index < -0.39 is 15.8 Å². The minimum absolute atomic E-state index is 0.0281. The van der Waals surface area contributed by atoms with E-state index in [0.717, 1.165) is 37.8 Å². The van der Waals surface area contributed by atoms with Gasteiger partial charge in [-0.1, -0.05) is 0 Å². The highest BCUT2D eigenvalue weighted by Gasteiger charge is 2.24. The van der Waals surface area contributed by atoms with E-state index in [9.17, 15) is 12.8 Å². The summed E-state index contributed by atoms with van der Waals surface area (Å²) < 4.78 is 39.7. The number of hydrogen-bond donors (Lipinski definition) is 2. The van der Waals surface area contributed by atoms with E-state index in [0.29, 0.717) is 6.04 Å². The fourth-order valence-corrected chi connectivity index (χ4v) is 3.71. The van der Waals surface area contributed by atoms with Crippen molar-refractivity contribution in [2.24, 2.45) is 0 Å². The lowest BCUT2D eigenvalue weighted by Gasteiger charge is -2.28. The molecule has 1 aromatic rings. The summed E-state index contributed by atoms with van der Waals surface area (Å²) in [6, 6.07) is 5.35. The van der Waals surface area contributed by atoms with Crippen LogP contribution in [0.2, 0.25) is 0 Å². The van der Waals surface area contributed by atoms with E-state index in [-0.39, 0.29) is 10.9 Å². The number of nitrogens with one attached hydrogen (secondary N) is 2. The Labute approximate surface area is 113 Å². The van der Waals surface area contributed by atoms with E-state index in [1.165, 1.54) is 12.1 Å². The predicted octanol–water partition coefficient (Wildman–Crippen LogP) is 1.63. The van der Waals surface area contributed by atoms with Crippen LogP contribution < -0.4 is 10.0 Å². The molecule has 1 aromatic carbocycles.